The molecule has 2 atom stereocenters. The smallest absolute Gasteiger partial charge is 0.258 e. The number of nitrogens with zero attached hydrogens (tertiary/aromatic N) is 1. The number of halogens is 1. The van der Waals surface area contributed by atoms with Gasteiger partial charge in [-0.2, -0.15) is 0 Å². The van der Waals surface area contributed by atoms with Crippen molar-refractivity contribution in [1.82, 2.24) is 4.90 Å². The summed E-state index contributed by atoms with van der Waals surface area (Å²) in [5, 5.41) is 0. The van der Waals surface area contributed by atoms with Crippen LogP contribution in [0.3, 0.4) is 0 Å². The quantitative estimate of drug-likeness (QED) is 0.911. The van der Waals surface area contributed by atoms with E-state index in [4.69, 9.17) is 10.2 Å². The van der Waals surface area contributed by atoms with E-state index in [9.17, 15) is 4.79 Å². The Labute approximate surface area is 109 Å². The van der Waals surface area contributed by atoms with Gasteiger partial charge in [0.25, 0.3) is 5.91 Å². The lowest BCUT2D eigenvalue weighted by atomic mass is 9.93. The summed E-state index contributed by atoms with van der Waals surface area (Å²) < 4.78 is 5.61. The predicted molar refractivity (Wildman–Crippen MR) is 68.7 cm³/mol. The lowest BCUT2D eigenvalue weighted by Crippen LogP contribution is -2.47. The van der Waals surface area contributed by atoms with Crippen molar-refractivity contribution in [2.24, 2.45) is 11.7 Å². The van der Waals surface area contributed by atoms with Crippen LogP contribution in [0.5, 0.6) is 0 Å². The molecule has 0 aromatic carbocycles. The molecule has 0 bridgehead atoms. The number of piperidine rings is 1. The SMILES string of the molecule is CC1CCC(CN)CN1C(=O)c1ccoc1Br. The van der Waals surface area contributed by atoms with Crippen molar-refractivity contribution >= 4 is 21.8 Å². The van der Waals surface area contributed by atoms with E-state index in [2.05, 4.69) is 22.9 Å². The van der Waals surface area contributed by atoms with Crippen molar-refractivity contribution < 1.29 is 9.21 Å². The number of carbonyl (C=O) groups is 1. The van der Waals surface area contributed by atoms with E-state index in [1.54, 1.807) is 6.07 Å². The fourth-order valence-electron chi connectivity index (χ4n) is 2.26. The molecular weight excluding hydrogens is 284 g/mol. The molecule has 2 rings (SSSR count). The minimum Gasteiger partial charge on any atom is -0.457 e. The number of rotatable bonds is 2. The molecule has 1 amide bonds. The van der Waals surface area contributed by atoms with Crippen LogP contribution < -0.4 is 5.73 Å². The first-order chi connectivity index (χ1) is 8.13. The molecule has 2 unspecified atom stereocenters. The number of hydrogen-bond acceptors (Lipinski definition) is 3. The standard InChI is InChI=1S/C12H17BrN2O2/c1-8-2-3-9(6-14)7-15(8)12(16)10-4-5-17-11(10)13/h4-5,8-9H,2-3,6-7,14H2,1H3. The molecule has 2 heterocycles. The van der Waals surface area contributed by atoms with Gasteiger partial charge in [-0.1, -0.05) is 0 Å². The van der Waals surface area contributed by atoms with Gasteiger partial charge in [-0.3, -0.25) is 4.79 Å². The zero-order valence-electron chi connectivity index (χ0n) is 9.86. The van der Waals surface area contributed by atoms with Crippen molar-refractivity contribution in [2.75, 3.05) is 13.1 Å². The van der Waals surface area contributed by atoms with Crippen LogP contribution in [-0.4, -0.2) is 29.9 Å². The molecule has 0 spiro atoms. The molecule has 2 N–H and O–H groups in total. The lowest BCUT2D eigenvalue weighted by molar-refractivity contribution is 0.0565. The highest BCUT2D eigenvalue weighted by atomic mass is 79.9. The van der Waals surface area contributed by atoms with Crippen LogP contribution in [0.1, 0.15) is 30.1 Å². The topological polar surface area (TPSA) is 59.5 Å². The van der Waals surface area contributed by atoms with E-state index < -0.39 is 0 Å². The Morgan fingerprint density at radius 1 is 1.65 bits per heavy atom. The Bertz CT molecular complexity index is 405. The van der Waals surface area contributed by atoms with Crippen LogP contribution in [0.25, 0.3) is 0 Å². The second kappa shape index (κ2) is 5.23. The summed E-state index contributed by atoms with van der Waals surface area (Å²) in [5.74, 6) is 0.442. The average molecular weight is 301 g/mol. The van der Waals surface area contributed by atoms with Crippen molar-refractivity contribution in [2.45, 2.75) is 25.8 Å². The Hall–Kier alpha value is -0.810. The Balaban J connectivity index is 2.15. The second-order valence-electron chi connectivity index (χ2n) is 4.59. The summed E-state index contributed by atoms with van der Waals surface area (Å²) in [4.78, 5) is 14.2. The van der Waals surface area contributed by atoms with Gasteiger partial charge in [-0.05, 0) is 54.2 Å². The van der Waals surface area contributed by atoms with Crippen molar-refractivity contribution in [3.05, 3.63) is 22.6 Å². The predicted octanol–water partition coefficient (Wildman–Crippen LogP) is 2.24. The van der Waals surface area contributed by atoms with E-state index in [0.717, 1.165) is 19.4 Å². The number of amides is 1. The molecule has 1 aliphatic rings. The number of furan rings is 1. The third kappa shape index (κ3) is 2.55. The summed E-state index contributed by atoms with van der Waals surface area (Å²) in [6.07, 6.45) is 3.64. The van der Waals surface area contributed by atoms with E-state index >= 15 is 0 Å². The first kappa shape index (κ1) is 12.6. The van der Waals surface area contributed by atoms with Gasteiger partial charge in [0.2, 0.25) is 0 Å². The van der Waals surface area contributed by atoms with Gasteiger partial charge in [0.05, 0.1) is 11.8 Å². The fourth-order valence-corrected chi connectivity index (χ4v) is 2.67. The molecular formula is C12H17BrN2O2. The molecule has 1 aromatic heterocycles. The van der Waals surface area contributed by atoms with Gasteiger partial charge in [0.1, 0.15) is 0 Å². The van der Waals surface area contributed by atoms with Crippen LogP contribution in [-0.2, 0) is 0 Å². The minimum atomic E-state index is 0.0243. The Kier molecular flexibility index (Phi) is 3.89. The largest absolute Gasteiger partial charge is 0.457 e. The first-order valence-corrected chi connectivity index (χ1v) is 6.66. The molecule has 0 aliphatic carbocycles. The lowest BCUT2D eigenvalue weighted by Gasteiger charge is -2.37. The number of likely N-dealkylation sites (tertiary alicyclic amines) is 1. The maximum Gasteiger partial charge on any atom is 0.258 e. The van der Waals surface area contributed by atoms with Crippen LogP contribution in [0.15, 0.2) is 21.4 Å². The number of hydrogen-bond donors (Lipinski definition) is 1. The van der Waals surface area contributed by atoms with Gasteiger partial charge in [-0.15, -0.1) is 0 Å². The zero-order chi connectivity index (χ0) is 12.4. The van der Waals surface area contributed by atoms with Crippen molar-refractivity contribution in [3.63, 3.8) is 0 Å². The monoisotopic (exact) mass is 300 g/mol. The molecule has 1 aliphatic heterocycles. The molecule has 1 saturated heterocycles. The average Bonchev–Trinajstić information content (AvgIpc) is 2.75. The molecule has 1 fully saturated rings. The van der Waals surface area contributed by atoms with Gasteiger partial charge in [0, 0.05) is 12.6 Å². The van der Waals surface area contributed by atoms with Crippen LogP contribution in [0.2, 0.25) is 0 Å². The van der Waals surface area contributed by atoms with Gasteiger partial charge >= 0.3 is 0 Å². The molecule has 5 heteroatoms. The molecule has 17 heavy (non-hydrogen) atoms. The molecule has 1 aromatic rings. The third-order valence-electron chi connectivity index (χ3n) is 3.42. The number of nitrogens with two attached hydrogens (primary N) is 1. The van der Waals surface area contributed by atoms with E-state index in [1.165, 1.54) is 6.26 Å². The second-order valence-corrected chi connectivity index (χ2v) is 5.31. The van der Waals surface area contributed by atoms with Crippen molar-refractivity contribution in [3.8, 4) is 0 Å². The third-order valence-corrected chi connectivity index (χ3v) is 4.04. The maximum atomic E-state index is 12.3. The van der Waals surface area contributed by atoms with Gasteiger partial charge in [0.15, 0.2) is 4.67 Å². The summed E-state index contributed by atoms with van der Waals surface area (Å²) >= 11 is 3.25. The molecule has 94 valence electrons. The Morgan fingerprint density at radius 3 is 3.00 bits per heavy atom. The highest BCUT2D eigenvalue weighted by molar-refractivity contribution is 9.10. The number of carbonyl (C=O) groups excluding carboxylic acids is 1. The van der Waals surface area contributed by atoms with Gasteiger partial charge in [-0.25, -0.2) is 0 Å². The summed E-state index contributed by atoms with van der Waals surface area (Å²) in [6.45, 7) is 3.47. The molecule has 4 nitrogen and oxygen atoms in total. The maximum absolute atomic E-state index is 12.3. The summed E-state index contributed by atoms with van der Waals surface area (Å²) in [7, 11) is 0. The zero-order valence-corrected chi connectivity index (χ0v) is 11.4. The van der Waals surface area contributed by atoms with Gasteiger partial charge < -0.3 is 15.1 Å². The van der Waals surface area contributed by atoms with E-state index in [-0.39, 0.29) is 11.9 Å². The fraction of sp³-hybridized carbons (Fsp3) is 0.583. The minimum absolute atomic E-state index is 0.0243. The van der Waals surface area contributed by atoms with Crippen LogP contribution in [0.4, 0.5) is 0 Å². The highest BCUT2D eigenvalue weighted by Gasteiger charge is 2.30. The summed E-state index contributed by atoms with van der Waals surface area (Å²) in [6, 6.07) is 1.97. The normalized spacial score (nSPS) is 25.0. The first-order valence-electron chi connectivity index (χ1n) is 5.87. The highest BCUT2D eigenvalue weighted by Crippen LogP contribution is 2.26. The molecule has 0 saturated carbocycles. The van der Waals surface area contributed by atoms with Crippen molar-refractivity contribution in [1.29, 1.82) is 0 Å². The van der Waals surface area contributed by atoms with E-state index in [1.807, 2.05) is 4.90 Å². The summed E-state index contributed by atoms with van der Waals surface area (Å²) in [5.41, 5.74) is 6.29. The molecule has 0 radical (unpaired) electrons. The van der Waals surface area contributed by atoms with Crippen LogP contribution in [0, 0.1) is 5.92 Å². The van der Waals surface area contributed by atoms with E-state index in [0.29, 0.717) is 22.7 Å². The van der Waals surface area contributed by atoms with Crippen LogP contribution >= 0.6 is 15.9 Å². The Morgan fingerprint density at radius 2 is 2.41 bits per heavy atom.